The SMILES string of the molecule is Cc1ccc2c(c1)Bc1c(-c3c(Nc4ccccc4)cccc3Nc3ccccc3)c3c4c5c1N2c1cc(C)ccc1B5c1ccc(C)cc1N4c1ccc(C)cc1B3. The molecule has 0 atom stereocenters. The highest BCUT2D eigenvalue weighted by Crippen LogP contribution is 2.48. The number of fused-ring (bicyclic) bond motifs is 10. The Balaban J connectivity index is 1.26. The first-order valence-corrected chi connectivity index (χ1v) is 20.9. The van der Waals surface area contributed by atoms with Crippen molar-refractivity contribution in [2.24, 2.45) is 0 Å². The molecule has 8 aromatic carbocycles. The molecule has 4 aliphatic heterocycles. The highest BCUT2D eigenvalue weighted by molar-refractivity contribution is 7.02. The number of anilines is 10. The summed E-state index contributed by atoms with van der Waals surface area (Å²) in [5.74, 6) is 0. The largest absolute Gasteiger partial charge is 0.355 e. The number of nitrogens with zero attached hydrogens (tertiary/aromatic N) is 2. The van der Waals surface area contributed by atoms with Crippen LogP contribution >= 0.6 is 0 Å². The highest BCUT2D eigenvalue weighted by Gasteiger charge is 2.49. The Labute approximate surface area is 348 Å². The Kier molecular flexibility index (Phi) is 7.44. The average Bonchev–Trinajstić information content (AvgIpc) is 3.24. The fourth-order valence-corrected chi connectivity index (χ4v) is 10.6. The van der Waals surface area contributed by atoms with E-state index in [1.807, 2.05) is 0 Å². The van der Waals surface area contributed by atoms with Crippen LogP contribution in [0.2, 0.25) is 0 Å². The molecule has 0 amide bonds. The molecule has 4 nitrogen and oxygen atoms in total. The normalized spacial score (nSPS) is 13.3. The number of benzene rings is 8. The van der Waals surface area contributed by atoms with E-state index in [1.165, 1.54) is 106 Å². The number of hydrogen-bond donors (Lipinski definition) is 2. The number of aryl methyl sites for hydroxylation is 4. The van der Waals surface area contributed by atoms with Crippen LogP contribution in [0.3, 0.4) is 0 Å². The predicted molar refractivity (Wildman–Crippen MR) is 257 cm³/mol. The highest BCUT2D eigenvalue weighted by atomic mass is 15.2. The zero-order chi connectivity index (χ0) is 39.5. The van der Waals surface area contributed by atoms with Crippen LogP contribution in [0.1, 0.15) is 22.3 Å². The van der Waals surface area contributed by atoms with Crippen LogP contribution < -0.4 is 58.7 Å². The van der Waals surface area contributed by atoms with Crippen molar-refractivity contribution in [1.82, 2.24) is 0 Å². The summed E-state index contributed by atoms with van der Waals surface area (Å²) < 4.78 is 0. The maximum absolute atomic E-state index is 3.93. The van der Waals surface area contributed by atoms with E-state index < -0.39 is 0 Å². The van der Waals surface area contributed by atoms with E-state index in [0.717, 1.165) is 37.3 Å². The Hall–Kier alpha value is -6.85. The second kappa shape index (κ2) is 12.8. The molecule has 4 aliphatic rings. The lowest BCUT2D eigenvalue weighted by Gasteiger charge is -2.50. The number of para-hydroxylation sites is 2. The van der Waals surface area contributed by atoms with Crippen molar-refractivity contribution in [3.05, 3.63) is 174 Å². The van der Waals surface area contributed by atoms with Gasteiger partial charge in [-0.1, -0.05) is 113 Å². The van der Waals surface area contributed by atoms with Gasteiger partial charge in [0.15, 0.2) is 14.6 Å². The van der Waals surface area contributed by atoms with Crippen LogP contribution in [0.4, 0.5) is 56.9 Å². The van der Waals surface area contributed by atoms with Gasteiger partial charge in [0.2, 0.25) is 0 Å². The van der Waals surface area contributed by atoms with Crippen molar-refractivity contribution in [1.29, 1.82) is 0 Å². The molecule has 0 saturated carbocycles. The summed E-state index contributed by atoms with van der Waals surface area (Å²) in [6.07, 6.45) is 0. The molecule has 0 aliphatic carbocycles. The van der Waals surface area contributed by atoms with E-state index in [1.54, 1.807) is 0 Å². The van der Waals surface area contributed by atoms with Crippen molar-refractivity contribution in [3.63, 3.8) is 0 Å². The maximum Gasteiger partial charge on any atom is 0.252 e. The molecular formula is C52H41B3N4. The Morgan fingerprint density at radius 1 is 0.424 bits per heavy atom. The standard InChI is InChI=1S/C52H41B3N4/c1-30-20-24-42-36(26-30)53-48-47(46-40(56-34-12-7-5-8-13-34)16-11-17-41(46)57-35-14-9-6-10-15-35)49-52-50-51(48)58(42)44-28-32(3)18-22-38(44)55(50)39-23-19-33(4)29-45(39)59(52)43-25-21-31(2)27-37(43)54-49/h5-29,53-54,56-57H,1-4H3. The Morgan fingerprint density at radius 2 is 0.864 bits per heavy atom. The van der Waals surface area contributed by atoms with Crippen LogP contribution in [0, 0.1) is 27.7 Å². The van der Waals surface area contributed by atoms with Crippen molar-refractivity contribution >= 4 is 116 Å². The van der Waals surface area contributed by atoms with Crippen molar-refractivity contribution in [2.75, 3.05) is 20.4 Å². The van der Waals surface area contributed by atoms with Crippen molar-refractivity contribution in [2.45, 2.75) is 27.7 Å². The van der Waals surface area contributed by atoms with Gasteiger partial charge in [-0.05, 0) is 132 Å². The number of nitrogens with one attached hydrogen (secondary N) is 2. The molecule has 0 unspecified atom stereocenters. The van der Waals surface area contributed by atoms with Gasteiger partial charge >= 0.3 is 0 Å². The van der Waals surface area contributed by atoms with E-state index in [2.05, 4.69) is 200 Å². The van der Waals surface area contributed by atoms with Gasteiger partial charge in [0, 0.05) is 62.4 Å². The van der Waals surface area contributed by atoms with Crippen LogP contribution in [0.25, 0.3) is 11.1 Å². The lowest BCUT2D eigenvalue weighted by Crippen LogP contribution is -2.67. The fourth-order valence-electron chi connectivity index (χ4n) is 10.6. The summed E-state index contributed by atoms with van der Waals surface area (Å²) in [5.41, 5.74) is 29.4. The first kappa shape index (κ1) is 34.2. The quantitative estimate of drug-likeness (QED) is 0.178. The van der Waals surface area contributed by atoms with Crippen LogP contribution in [0.5, 0.6) is 0 Å². The van der Waals surface area contributed by atoms with Gasteiger partial charge in [-0.25, -0.2) is 0 Å². The third-order valence-electron chi connectivity index (χ3n) is 13.0. The lowest BCUT2D eigenvalue weighted by molar-refractivity contribution is 1.25. The number of rotatable bonds is 5. The molecule has 59 heavy (non-hydrogen) atoms. The van der Waals surface area contributed by atoms with E-state index in [9.17, 15) is 0 Å². The van der Waals surface area contributed by atoms with Crippen molar-refractivity contribution in [3.8, 4) is 11.1 Å². The maximum atomic E-state index is 3.93. The number of hydrogen-bond acceptors (Lipinski definition) is 4. The molecule has 0 aromatic heterocycles. The third kappa shape index (κ3) is 5.13. The zero-order valence-electron chi connectivity index (χ0n) is 33.8. The Morgan fingerprint density at radius 3 is 1.34 bits per heavy atom. The lowest BCUT2D eigenvalue weighted by atomic mass is 9.31. The fraction of sp³-hybridized carbons (Fsp3) is 0.0769. The molecule has 0 fully saturated rings. The minimum Gasteiger partial charge on any atom is -0.355 e. The molecule has 278 valence electrons. The van der Waals surface area contributed by atoms with Crippen LogP contribution in [-0.2, 0) is 0 Å². The summed E-state index contributed by atoms with van der Waals surface area (Å²) >= 11 is 0. The molecule has 12 rings (SSSR count). The predicted octanol–water partition coefficient (Wildman–Crippen LogP) is 7.56. The molecule has 0 bridgehead atoms. The molecule has 8 aromatic rings. The van der Waals surface area contributed by atoms with E-state index in [0.29, 0.717) is 0 Å². The molecule has 0 spiro atoms. The Bertz CT molecular complexity index is 2870. The molecule has 0 saturated heterocycles. The molecule has 4 heterocycles. The van der Waals surface area contributed by atoms with Gasteiger partial charge in [-0.3, -0.25) is 0 Å². The summed E-state index contributed by atoms with van der Waals surface area (Å²) in [4.78, 5) is 5.29. The first-order chi connectivity index (χ1) is 28.9. The van der Waals surface area contributed by atoms with E-state index >= 15 is 0 Å². The van der Waals surface area contributed by atoms with Crippen LogP contribution in [-0.4, -0.2) is 21.3 Å². The monoisotopic (exact) mass is 754 g/mol. The first-order valence-electron chi connectivity index (χ1n) is 20.9. The summed E-state index contributed by atoms with van der Waals surface area (Å²) in [7, 11) is 1.66. The second-order valence-corrected chi connectivity index (χ2v) is 17.0. The summed E-state index contributed by atoms with van der Waals surface area (Å²) in [6.45, 7) is 9.02. The smallest absolute Gasteiger partial charge is 0.252 e. The van der Waals surface area contributed by atoms with E-state index in [4.69, 9.17) is 0 Å². The van der Waals surface area contributed by atoms with Crippen molar-refractivity contribution < 1.29 is 0 Å². The molecule has 2 N–H and O–H groups in total. The van der Waals surface area contributed by atoms with Gasteiger partial charge in [0.05, 0.1) is 0 Å². The summed E-state index contributed by atoms with van der Waals surface area (Å²) in [5, 5.41) is 7.87. The van der Waals surface area contributed by atoms with Gasteiger partial charge in [0.1, 0.15) is 0 Å². The van der Waals surface area contributed by atoms with E-state index in [-0.39, 0.29) is 6.71 Å². The molecular weight excluding hydrogens is 713 g/mol. The summed E-state index contributed by atoms with van der Waals surface area (Å²) in [6, 6.07) is 56.5. The zero-order valence-corrected chi connectivity index (χ0v) is 33.8. The second-order valence-electron chi connectivity index (χ2n) is 17.0. The third-order valence-corrected chi connectivity index (χ3v) is 13.0. The molecule has 7 heteroatoms. The van der Waals surface area contributed by atoms with Gasteiger partial charge in [-0.15, -0.1) is 0 Å². The topological polar surface area (TPSA) is 30.5 Å². The van der Waals surface area contributed by atoms with Gasteiger partial charge in [0.25, 0.3) is 6.71 Å². The average molecular weight is 754 g/mol. The van der Waals surface area contributed by atoms with Crippen LogP contribution in [0.15, 0.2) is 152 Å². The van der Waals surface area contributed by atoms with Gasteiger partial charge < -0.3 is 20.4 Å². The molecule has 0 radical (unpaired) electrons. The minimum atomic E-state index is 0.0869. The minimum absolute atomic E-state index is 0.0869. The van der Waals surface area contributed by atoms with Gasteiger partial charge in [-0.2, -0.15) is 0 Å².